The fraction of sp³-hybridized carbons (Fsp3) is 0.364. The molecule has 1 aromatic rings. The molecule has 0 heterocycles. The van der Waals surface area contributed by atoms with Gasteiger partial charge in [0.05, 0.1) is 6.04 Å². The fourth-order valence-electron chi connectivity index (χ4n) is 1.45. The topological polar surface area (TPSA) is 58.6 Å². The molecule has 2 N–H and O–H groups in total. The average Bonchev–Trinajstić information content (AvgIpc) is 2.26. The van der Waals surface area contributed by atoms with E-state index >= 15 is 0 Å². The van der Waals surface area contributed by atoms with Gasteiger partial charge in [-0.05, 0) is 24.1 Å². The molecule has 1 aromatic carbocycles. The number of rotatable bonds is 5. The lowest BCUT2D eigenvalue weighted by Crippen LogP contribution is -2.26. The van der Waals surface area contributed by atoms with Crippen molar-refractivity contribution in [3.8, 4) is 5.75 Å². The highest BCUT2D eigenvalue weighted by atomic mass is 19.3. The Morgan fingerprint density at radius 1 is 1.41 bits per heavy atom. The molecule has 1 amide bonds. The van der Waals surface area contributed by atoms with Crippen LogP contribution in [-0.4, -0.2) is 17.8 Å². The highest BCUT2D eigenvalue weighted by Gasteiger charge is 2.12. The van der Waals surface area contributed by atoms with Crippen molar-refractivity contribution in [1.29, 1.82) is 0 Å². The third-order valence-electron chi connectivity index (χ3n) is 2.21. The Morgan fingerprint density at radius 2 is 2.00 bits per heavy atom. The van der Waals surface area contributed by atoms with Crippen LogP contribution in [0.4, 0.5) is 13.6 Å². The van der Waals surface area contributed by atoms with Gasteiger partial charge in [-0.3, -0.25) is 0 Å². The maximum atomic E-state index is 11.9. The van der Waals surface area contributed by atoms with Gasteiger partial charge in [0.2, 0.25) is 0 Å². The zero-order valence-electron chi connectivity index (χ0n) is 9.19. The minimum atomic E-state index is -2.86. The molecular formula is C11H13F2NO3. The number of nitrogens with one attached hydrogen (secondary N) is 1. The van der Waals surface area contributed by atoms with Crippen molar-refractivity contribution in [1.82, 2.24) is 5.32 Å². The summed E-state index contributed by atoms with van der Waals surface area (Å²) in [6.45, 7) is -1.04. The van der Waals surface area contributed by atoms with Crippen molar-refractivity contribution >= 4 is 6.09 Å². The van der Waals surface area contributed by atoms with Gasteiger partial charge in [0.1, 0.15) is 5.75 Å². The van der Waals surface area contributed by atoms with Crippen LogP contribution in [0.25, 0.3) is 0 Å². The van der Waals surface area contributed by atoms with E-state index in [9.17, 15) is 13.6 Å². The molecule has 0 fully saturated rings. The third-order valence-corrected chi connectivity index (χ3v) is 2.21. The summed E-state index contributed by atoms with van der Waals surface area (Å²) in [6.07, 6.45) is -0.550. The van der Waals surface area contributed by atoms with Crippen LogP contribution in [0.2, 0.25) is 0 Å². The number of benzene rings is 1. The lowest BCUT2D eigenvalue weighted by molar-refractivity contribution is -0.0498. The van der Waals surface area contributed by atoms with Gasteiger partial charge in [-0.25, -0.2) is 4.79 Å². The van der Waals surface area contributed by atoms with Gasteiger partial charge in [0.25, 0.3) is 0 Å². The standard InChI is InChI=1S/C11H13F2NO3/c1-2-9(14-11(15)16)7-3-5-8(6-4-7)17-10(12)13/h3-6,9-10,14H,2H2,1H3,(H,15,16). The van der Waals surface area contributed by atoms with E-state index in [1.807, 2.05) is 6.92 Å². The first-order valence-corrected chi connectivity index (χ1v) is 5.07. The van der Waals surface area contributed by atoms with Crippen molar-refractivity contribution in [2.75, 3.05) is 0 Å². The molecule has 0 saturated carbocycles. The van der Waals surface area contributed by atoms with Crippen LogP contribution in [0.15, 0.2) is 24.3 Å². The maximum absolute atomic E-state index is 11.9. The highest BCUT2D eigenvalue weighted by molar-refractivity contribution is 5.65. The van der Waals surface area contributed by atoms with E-state index < -0.39 is 12.7 Å². The quantitative estimate of drug-likeness (QED) is 0.838. The number of halogens is 2. The van der Waals surface area contributed by atoms with Crippen LogP contribution in [0.3, 0.4) is 0 Å². The molecule has 0 aliphatic carbocycles. The summed E-state index contributed by atoms with van der Waals surface area (Å²) in [5, 5.41) is 10.9. The van der Waals surface area contributed by atoms with E-state index in [1.54, 1.807) is 12.1 Å². The largest absolute Gasteiger partial charge is 0.465 e. The molecule has 94 valence electrons. The lowest BCUT2D eigenvalue weighted by atomic mass is 10.0. The molecule has 0 aromatic heterocycles. The van der Waals surface area contributed by atoms with E-state index in [0.29, 0.717) is 12.0 Å². The minimum Gasteiger partial charge on any atom is -0.465 e. The summed E-state index contributed by atoms with van der Waals surface area (Å²) in [5.41, 5.74) is 0.705. The molecule has 0 spiro atoms. The first kappa shape index (κ1) is 13.2. The Morgan fingerprint density at radius 3 is 2.41 bits per heavy atom. The van der Waals surface area contributed by atoms with Crippen molar-refractivity contribution < 1.29 is 23.4 Å². The SMILES string of the molecule is CCC(NC(=O)O)c1ccc(OC(F)F)cc1. The minimum absolute atomic E-state index is 0.0499. The van der Waals surface area contributed by atoms with Gasteiger partial charge in [-0.2, -0.15) is 8.78 Å². The van der Waals surface area contributed by atoms with E-state index in [0.717, 1.165) is 0 Å². The van der Waals surface area contributed by atoms with Crippen molar-refractivity contribution in [3.05, 3.63) is 29.8 Å². The third kappa shape index (κ3) is 4.26. The number of alkyl halides is 2. The van der Waals surface area contributed by atoms with Crippen LogP contribution >= 0.6 is 0 Å². The van der Waals surface area contributed by atoms with Gasteiger partial charge in [-0.1, -0.05) is 19.1 Å². The van der Waals surface area contributed by atoms with Crippen LogP contribution in [0.5, 0.6) is 5.75 Å². The van der Waals surface area contributed by atoms with Crippen molar-refractivity contribution in [3.63, 3.8) is 0 Å². The van der Waals surface area contributed by atoms with E-state index in [-0.39, 0.29) is 11.8 Å². The van der Waals surface area contributed by atoms with Crippen LogP contribution in [-0.2, 0) is 0 Å². The number of carboxylic acid groups (broad SMARTS) is 1. The summed E-state index contributed by atoms with van der Waals surface area (Å²) in [6, 6.07) is 5.53. The molecule has 1 atom stereocenters. The molecule has 1 rings (SSSR count). The van der Waals surface area contributed by atoms with Crippen molar-refractivity contribution in [2.24, 2.45) is 0 Å². The van der Waals surface area contributed by atoms with Crippen molar-refractivity contribution in [2.45, 2.75) is 26.0 Å². The number of hydrogen-bond donors (Lipinski definition) is 2. The molecular weight excluding hydrogens is 232 g/mol. The monoisotopic (exact) mass is 245 g/mol. The second-order valence-electron chi connectivity index (χ2n) is 3.36. The molecule has 0 aliphatic rings. The maximum Gasteiger partial charge on any atom is 0.405 e. The molecule has 0 radical (unpaired) electrons. The number of ether oxygens (including phenoxy) is 1. The summed E-state index contributed by atoms with van der Waals surface area (Å²) in [4.78, 5) is 10.5. The molecule has 17 heavy (non-hydrogen) atoms. The molecule has 0 aliphatic heterocycles. The second kappa shape index (κ2) is 6.03. The Kier molecular flexibility index (Phi) is 4.68. The van der Waals surface area contributed by atoms with Gasteiger partial charge in [-0.15, -0.1) is 0 Å². The second-order valence-corrected chi connectivity index (χ2v) is 3.36. The Bertz CT molecular complexity index is 367. The van der Waals surface area contributed by atoms with Gasteiger partial charge < -0.3 is 15.2 Å². The molecule has 4 nitrogen and oxygen atoms in total. The predicted molar refractivity (Wildman–Crippen MR) is 57.3 cm³/mol. The fourth-order valence-corrected chi connectivity index (χ4v) is 1.45. The normalized spacial score (nSPS) is 12.2. The average molecular weight is 245 g/mol. The first-order chi connectivity index (χ1) is 8.02. The van der Waals surface area contributed by atoms with Gasteiger partial charge in [0.15, 0.2) is 0 Å². The summed E-state index contributed by atoms with van der Waals surface area (Å²) in [5.74, 6) is 0.0499. The van der Waals surface area contributed by atoms with Crippen LogP contribution < -0.4 is 10.1 Å². The smallest absolute Gasteiger partial charge is 0.405 e. The Hall–Kier alpha value is -1.85. The van der Waals surface area contributed by atoms with Crippen LogP contribution in [0.1, 0.15) is 24.9 Å². The summed E-state index contributed by atoms with van der Waals surface area (Å²) >= 11 is 0. The Labute approximate surface area is 97.2 Å². The van der Waals surface area contributed by atoms with E-state index in [4.69, 9.17) is 5.11 Å². The summed E-state index contributed by atoms with van der Waals surface area (Å²) in [7, 11) is 0. The van der Waals surface area contributed by atoms with Gasteiger partial charge in [0, 0.05) is 0 Å². The molecule has 6 heteroatoms. The zero-order valence-corrected chi connectivity index (χ0v) is 9.19. The first-order valence-electron chi connectivity index (χ1n) is 5.07. The number of carbonyl (C=O) groups is 1. The molecule has 0 saturated heterocycles. The zero-order chi connectivity index (χ0) is 12.8. The predicted octanol–water partition coefficient (Wildman–Crippen LogP) is 3.01. The number of amides is 1. The van der Waals surface area contributed by atoms with Crippen LogP contribution in [0, 0.1) is 0 Å². The van der Waals surface area contributed by atoms with Gasteiger partial charge >= 0.3 is 12.7 Å². The number of hydrogen-bond acceptors (Lipinski definition) is 2. The Balaban J connectivity index is 2.74. The lowest BCUT2D eigenvalue weighted by Gasteiger charge is -2.15. The molecule has 0 bridgehead atoms. The van der Waals surface area contributed by atoms with E-state index in [1.165, 1.54) is 12.1 Å². The highest BCUT2D eigenvalue weighted by Crippen LogP contribution is 2.21. The van der Waals surface area contributed by atoms with E-state index in [2.05, 4.69) is 10.1 Å². The molecule has 1 unspecified atom stereocenters. The summed E-state index contributed by atoms with van der Waals surface area (Å²) < 4.78 is 28.0.